The van der Waals surface area contributed by atoms with Crippen molar-refractivity contribution in [2.45, 2.75) is 13.5 Å². The highest BCUT2D eigenvalue weighted by Crippen LogP contribution is 2.08. The van der Waals surface area contributed by atoms with E-state index in [-0.39, 0.29) is 17.2 Å². The molecule has 2 aromatic rings. The molecule has 106 valence electrons. The van der Waals surface area contributed by atoms with Gasteiger partial charge in [-0.3, -0.25) is 9.59 Å². The number of nitrogens with zero attached hydrogens (tertiary/aromatic N) is 2. The summed E-state index contributed by atoms with van der Waals surface area (Å²) in [5, 5.41) is 6.10. The van der Waals surface area contributed by atoms with Gasteiger partial charge in [0, 0.05) is 30.9 Å². The van der Waals surface area contributed by atoms with Crippen molar-refractivity contribution in [2.24, 2.45) is 0 Å². The van der Waals surface area contributed by atoms with E-state index in [4.69, 9.17) is 9.26 Å². The molecule has 7 heteroatoms. The Hall–Kier alpha value is -2.57. The molecule has 0 radical (unpaired) electrons. The predicted octanol–water partition coefficient (Wildman–Crippen LogP) is 0.583. The van der Waals surface area contributed by atoms with Gasteiger partial charge in [0.15, 0.2) is 0 Å². The Morgan fingerprint density at radius 3 is 2.90 bits per heavy atom. The molecule has 2 aromatic heterocycles. The highest BCUT2D eigenvalue weighted by Gasteiger charge is 2.09. The predicted molar refractivity (Wildman–Crippen MR) is 70.8 cm³/mol. The van der Waals surface area contributed by atoms with Crippen LogP contribution in [0.1, 0.15) is 16.2 Å². The number of aryl methyl sites for hydroxylation is 1. The number of amides is 1. The summed E-state index contributed by atoms with van der Waals surface area (Å²) >= 11 is 0. The SMILES string of the molecule is COc1cc(C)n(CCNC(=O)c2ccno2)c(=O)c1. The number of nitrogens with one attached hydrogen (secondary N) is 1. The van der Waals surface area contributed by atoms with Crippen LogP contribution in [0.2, 0.25) is 0 Å². The maximum Gasteiger partial charge on any atom is 0.289 e. The van der Waals surface area contributed by atoms with Gasteiger partial charge >= 0.3 is 0 Å². The number of aromatic nitrogens is 2. The van der Waals surface area contributed by atoms with Gasteiger partial charge in [0.2, 0.25) is 5.76 Å². The van der Waals surface area contributed by atoms with E-state index < -0.39 is 0 Å². The third-order valence-corrected chi connectivity index (χ3v) is 2.83. The fourth-order valence-electron chi connectivity index (χ4n) is 1.80. The molecular formula is C13H15N3O4. The number of pyridine rings is 1. The molecule has 0 spiro atoms. The normalized spacial score (nSPS) is 10.3. The highest BCUT2D eigenvalue weighted by molar-refractivity contribution is 5.91. The molecule has 20 heavy (non-hydrogen) atoms. The van der Waals surface area contributed by atoms with Crippen molar-refractivity contribution >= 4 is 5.91 Å². The van der Waals surface area contributed by atoms with E-state index in [0.29, 0.717) is 18.8 Å². The van der Waals surface area contributed by atoms with Gasteiger partial charge in [-0.05, 0) is 13.0 Å². The first-order chi connectivity index (χ1) is 9.61. The average Bonchev–Trinajstić information content (AvgIpc) is 2.95. The molecule has 0 fully saturated rings. The summed E-state index contributed by atoms with van der Waals surface area (Å²) in [6, 6.07) is 4.64. The molecule has 0 aliphatic carbocycles. The number of ether oxygens (including phenoxy) is 1. The zero-order valence-corrected chi connectivity index (χ0v) is 11.3. The van der Waals surface area contributed by atoms with Gasteiger partial charge in [0.25, 0.3) is 11.5 Å². The van der Waals surface area contributed by atoms with Crippen molar-refractivity contribution in [3.63, 3.8) is 0 Å². The monoisotopic (exact) mass is 277 g/mol. The number of hydrogen-bond acceptors (Lipinski definition) is 5. The Balaban J connectivity index is 1.98. The summed E-state index contributed by atoms with van der Waals surface area (Å²) in [6.45, 7) is 2.49. The van der Waals surface area contributed by atoms with Crippen LogP contribution in [0.5, 0.6) is 5.75 Å². The third kappa shape index (κ3) is 3.05. The molecule has 0 bridgehead atoms. The van der Waals surface area contributed by atoms with Crippen LogP contribution in [0.15, 0.2) is 33.7 Å². The van der Waals surface area contributed by atoms with E-state index in [0.717, 1.165) is 5.69 Å². The van der Waals surface area contributed by atoms with E-state index in [9.17, 15) is 9.59 Å². The zero-order valence-electron chi connectivity index (χ0n) is 11.3. The highest BCUT2D eigenvalue weighted by atomic mass is 16.5. The van der Waals surface area contributed by atoms with Crippen LogP contribution < -0.4 is 15.6 Å². The van der Waals surface area contributed by atoms with Crippen molar-refractivity contribution in [2.75, 3.05) is 13.7 Å². The van der Waals surface area contributed by atoms with Crippen LogP contribution >= 0.6 is 0 Å². The van der Waals surface area contributed by atoms with Gasteiger partial charge < -0.3 is 19.1 Å². The molecular weight excluding hydrogens is 262 g/mol. The lowest BCUT2D eigenvalue weighted by Gasteiger charge is -2.11. The first-order valence-electron chi connectivity index (χ1n) is 6.06. The molecule has 7 nitrogen and oxygen atoms in total. The minimum atomic E-state index is -0.360. The Labute approximate surface area is 115 Å². The summed E-state index contributed by atoms with van der Waals surface area (Å²) in [7, 11) is 1.51. The van der Waals surface area contributed by atoms with E-state index in [2.05, 4.69) is 10.5 Å². The zero-order chi connectivity index (χ0) is 14.5. The van der Waals surface area contributed by atoms with E-state index in [1.54, 1.807) is 10.6 Å². The molecule has 0 aromatic carbocycles. The minimum Gasteiger partial charge on any atom is -0.496 e. The summed E-state index contributed by atoms with van der Waals surface area (Å²) in [5.41, 5.74) is 0.596. The Morgan fingerprint density at radius 2 is 2.30 bits per heavy atom. The fourth-order valence-corrected chi connectivity index (χ4v) is 1.80. The van der Waals surface area contributed by atoms with Gasteiger partial charge in [-0.1, -0.05) is 5.16 Å². The quantitative estimate of drug-likeness (QED) is 0.864. The Bertz CT molecular complexity index is 646. The van der Waals surface area contributed by atoms with Crippen LogP contribution in [-0.4, -0.2) is 29.3 Å². The molecule has 0 saturated heterocycles. The summed E-state index contributed by atoms with van der Waals surface area (Å²) in [4.78, 5) is 23.5. The second-order valence-corrected chi connectivity index (χ2v) is 4.16. The molecule has 0 atom stereocenters. The molecule has 1 amide bonds. The van der Waals surface area contributed by atoms with Gasteiger partial charge in [-0.15, -0.1) is 0 Å². The van der Waals surface area contributed by atoms with Crippen LogP contribution in [0.3, 0.4) is 0 Å². The molecule has 0 aliphatic rings. The molecule has 0 saturated carbocycles. The topological polar surface area (TPSA) is 86.4 Å². The second kappa shape index (κ2) is 6.05. The lowest BCUT2D eigenvalue weighted by atomic mass is 10.3. The van der Waals surface area contributed by atoms with Crippen LogP contribution in [0, 0.1) is 6.92 Å². The number of carbonyl (C=O) groups excluding carboxylic acids is 1. The van der Waals surface area contributed by atoms with Crippen molar-refractivity contribution in [1.82, 2.24) is 15.0 Å². The molecule has 2 heterocycles. The van der Waals surface area contributed by atoms with Crippen LogP contribution in [0.4, 0.5) is 0 Å². The first-order valence-corrected chi connectivity index (χ1v) is 6.06. The first kappa shape index (κ1) is 13.9. The lowest BCUT2D eigenvalue weighted by molar-refractivity contribution is 0.0915. The van der Waals surface area contributed by atoms with E-state index >= 15 is 0 Å². The lowest BCUT2D eigenvalue weighted by Crippen LogP contribution is -2.31. The Morgan fingerprint density at radius 1 is 1.50 bits per heavy atom. The van der Waals surface area contributed by atoms with Crippen molar-refractivity contribution in [3.05, 3.63) is 46.2 Å². The number of rotatable bonds is 5. The molecule has 0 aliphatic heterocycles. The largest absolute Gasteiger partial charge is 0.496 e. The van der Waals surface area contributed by atoms with Gasteiger partial charge in [0.1, 0.15) is 5.75 Å². The van der Waals surface area contributed by atoms with Gasteiger partial charge in [0.05, 0.1) is 13.3 Å². The Kier molecular flexibility index (Phi) is 4.19. The summed E-state index contributed by atoms with van der Waals surface area (Å²) in [6.07, 6.45) is 1.40. The number of hydrogen-bond donors (Lipinski definition) is 1. The van der Waals surface area contributed by atoms with Crippen LogP contribution in [-0.2, 0) is 6.54 Å². The maximum absolute atomic E-state index is 11.9. The van der Waals surface area contributed by atoms with Gasteiger partial charge in [-0.2, -0.15) is 0 Å². The fraction of sp³-hybridized carbons (Fsp3) is 0.308. The van der Waals surface area contributed by atoms with Crippen molar-refractivity contribution in [3.8, 4) is 5.75 Å². The van der Waals surface area contributed by atoms with Gasteiger partial charge in [-0.25, -0.2) is 0 Å². The molecule has 1 N–H and O–H groups in total. The van der Waals surface area contributed by atoms with E-state index in [1.165, 1.54) is 25.4 Å². The van der Waals surface area contributed by atoms with Crippen molar-refractivity contribution < 1.29 is 14.1 Å². The number of carbonyl (C=O) groups is 1. The smallest absolute Gasteiger partial charge is 0.289 e. The molecule has 0 unspecified atom stereocenters. The average molecular weight is 277 g/mol. The maximum atomic E-state index is 11.9. The second-order valence-electron chi connectivity index (χ2n) is 4.16. The van der Waals surface area contributed by atoms with E-state index in [1.807, 2.05) is 6.92 Å². The minimum absolute atomic E-state index is 0.142. The summed E-state index contributed by atoms with van der Waals surface area (Å²) in [5.74, 6) is 0.306. The third-order valence-electron chi connectivity index (χ3n) is 2.83. The number of methoxy groups -OCH3 is 1. The van der Waals surface area contributed by atoms with Crippen LogP contribution in [0.25, 0.3) is 0 Å². The summed E-state index contributed by atoms with van der Waals surface area (Å²) < 4.78 is 11.3. The molecule has 2 rings (SSSR count). The standard InChI is InChI=1S/C13H15N3O4/c1-9-7-10(19-2)8-12(17)16(9)6-5-14-13(18)11-3-4-15-20-11/h3-4,7-8H,5-6H2,1-2H3,(H,14,18). The van der Waals surface area contributed by atoms with Crippen molar-refractivity contribution in [1.29, 1.82) is 0 Å².